The van der Waals surface area contributed by atoms with Gasteiger partial charge in [0.05, 0.1) is 16.8 Å². The summed E-state index contributed by atoms with van der Waals surface area (Å²) >= 11 is 11.9. The van der Waals surface area contributed by atoms with Gasteiger partial charge in [-0.1, -0.05) is 23.2 Å². The molecule has 4 nitrogen and oxygen atoms in total. The lowest BCUT2D eigenvalue weighted by Gasteiger charge is -2.16. The number of nitrogens with zero attached hydrogens (tertiary/aromatic N) is 1. The monoisotopic (exact) mass is 303 g/mol. The molecule has 0 aliphatic carbocycles. The number of benzene rings is 1. The minimum absolute atomic E-state index is 0.136. The Morgan fingerprint density at radius 3 is 2.68 bits per heavy atom. The van der Waals surface area contributed by atoms with Gasteiger partial charge in [0, 0.05) is 18.1 Å². The molecule has 0 aliphatic heterocycles. The Kier molecular flexibility index (Phi) is 6.58. The molecule has 0 bridgehead atoms. The fourth-order valence-corrected chi connectivity index (χ4v) is 1.77. The Bertz CT molecular complexity index is 438. The van der Waals surface area contributed by atoms with Gasteiger partial charge in [0.1, 0.15) is 0 Å². The van der Waals surface area contributed by atoms with Gasteiger partial charge in [0.25, 0.3) is 0 Å². The highest BCUT2D eigenvalue weighted by molar-refractivity contribution is 6.35. The number of amides is 1. The SMILES string of the molecule is C[C@@H](NCCN(C)C)C(=O)Nc1cc(Cl)ccc1Cl. The van der Waals surface area contributed by atoms with E-state index in [0.717, 1.165) is 13.1 Å². The third-order valence-electron chi connectivity index (χ3n) is 2.59. The van der Waals surface area contributed by atoms with Crippen molar-refractivity contribution < 1.29 is 4.79 Å². The van der Waals surface area contributed by atoms with E-state index in [0.29, 0.717) is 15.7 Å². The van der Waals surface area contributed by atoms with Crippen LogP contribution in [-0.2, 0) is 4.79 Å². The van der Waals surface area contributed by atoms with E-state index >= 15 is 0 Å². The molecule has 19 heavy (non-hydrogen) atoms. The van der Waals surface area contributed by atoms with Crippen molar-refractivity contribution >= 4 is 34.8 Å². The molecule has 1 atom stereocenters. The van der Waals surface area contributed by atoms with Crippen LogP contribution in [0.15, 0.2) is 18.2 Å². The molecule has 2 N–H and O–H groups in total. The molecule has 0 heterocycles. The molecule has 1 rings (SSSR count). The van der Waals surface area contributed by atoms with E-state index in [-0.39, 0.29) is 11.9 Å². The minimum Gasteiger partial charge on any atom is -0.323 e. The van der Waals surface area contributed by atoms with Crippen molar-refractivity contribution in [3.05, 3.63) is 28.2 Å². The minimum atomic E-state index is -0.296. The molecule has 0 fully saturated rings. The van der Waals surface area contributed by atoms with Crippen LogP contribution in [-0.4, -0.2) is 44.0 Å². The first-order valence-corrected chi connectivity index (χ1v) is 6.79. The topological polar surface area (TPSA) is 44.4 Å². The molecule has 1 amide bonds. The van der Waals surface area contributed by atoms with Crippen LogP contribution in [0.3, 0.4) is 0 Å². The Morgan fingerprint density at radius 1 is 1.37 bits per heavy atom. The number of anilines is 1. The van der Waals surface area contributed by atoms with Gasteiger partial charge in [-0.25, -0.2) is 0 Å². The van der Waals surface area contributed by atoms with Crippen LogP contribution in [0, 0.1) is 0 Å². The van der Waals surface area contributed by atoms with Crippen molar-refractivity contribution in [1.82, 2.24) is 10.2 Å². The van der Waals surface area contributed by atoms with Crippen LogP contribution in [0.2, 0.25) is 10.0 Å². The summed E-state index contributed by atoms with van der Waals surface area (Å²) in [5, 5.41) is 6.90. The van der Waals surface area contributed by atoms with Gasteiger partial charge in [0.15, 0.2) is 0 Å². The molecule has 0 saturated carbocycles. The second kappa shape index (κ2) is 7.70. The Hall–Kier alpha value is -0.810. The van der Waals surface area contributed by atoms with Crippen LogP contribution in [0.4, 0.5) is 5.69 Å². The first kappa shape index (κ1) is 16.2. The summed E-state index contributed by atoms with van der Waals surface area (Å²) in [7, 11) is 3.97. The fraction of sp³-hybridized carbons (Fsp3) is 0.462. The van der Waals surface area contributed by atoms with Gasteiger partial charge in [-0.05, 0) is 39.2 Å². The highest BCUT2D eigenvalue weighted by atomic mass is 35.5. The number of rotatable bonds is 6. The summed E-state index contributed by atoms with van der Waals surface area (Å²) in [6.45, 7) is 3.42. The maximum atomic E-state index is 12.0. The highest BCUT2D eigenvalue weighted by Crippen LogP contribution is 2.25. The summed E-state index contributed by atoms with van der Waals surface area (Å²) in [6.07, 6.45) is 0. The normalized spacial score (nSPS) is 12.5. The predicted octanol–water partition coefficient (Wildman–Crippen LogP) is 2.47. The zero-order valence-corrected chi connectivity index (χ0v) is 12.8. The first-order valence-electron chi connectivity index (χ1n) is 6.04. The van der Waals surface area contributed by atoms with Crippen LogP contribution in [0.5, 0.6) is 0 Å². The summed E-state index contributed by atoms with van der Waals surface area (Å²) in [5.41, 5.74) is 0.528. The van der Waals surface area contributed by atoms with Gasteiger partial charge < -0.3 is 15.5 Å². The Balaban J connectivity index is 2.51. The lowest BCUT2D eigenvalue weighted by atomic mass is 10.2. The van der Waals surface area contributed by atoms with E-state index in [1.165, 1.54) is 0 Å². The smallest absolute Gasteiger partial charge is 0.241 e. The number of nitrogens with one attached hydrogen (secondary N) is 2. The lowest BCUT2D eigenvalue weighted by molar-refractivity contribution is -0.117. The van der Waals surface area contributed by atoms with E-state index in [1.54, 1.807) is 18.2 Å². The van der Waals surface area contributed by atoms with Gasteiger partial charge in [-0.15, -0.1) is 0 Å². The van der Waals surface area contributed by atoms with Crippen LogP contribution >= 0.6 is 23.2 Å². The zero-order chi connectivity index (χ0) is 14.4. The molecule has 1 aromatic carbocycles. The maximum Gasteiger partial charge on any atom is 0.241 e. The summed E-state index contributed by atoms with van der Waals surface area (Å²) in [6, 6.07) is 4.67. The van der Waals surface area contributed by atoms with Crippen LogP contribution < -0.4 is 10.6 Å². The van der Waals surface area contributed by atoms with E-state index < -0.39 is 0 Å². The standard InChI is InChI=1S/C13H19Cl2N3O/c1-9(16-6-7-18(2)3)13(19)17-12-8-10(14)4-5-11(12)15/h4-5,8-9,16H,6-7H2,1-3H3,(H,17,19)/t9-/m1/s1. The molecule has 106 valence electrons. The molecular formula is C13H19Cl2N3O. The quantitative estimate of drug-likeness (QED) is 0.848. The zero-order valence-electron chi connectivity index (χ0n) is 11.3. The number of carbonyl (C=O) groups is 1. The third-order valence-corrected chi connectivity index (χ3v) is 3.15. The van der Waals surface area contributed by atoms with Gasteiger partial charge in [-0.3, -0.25) is 4.79 Å². The van der Waals surface area contributed by atoms with Crippen LogP contribution in [0.1, 0.15) is 6.92 Å². The van der Waals surface area contributed by atoms with Crippen molar-refractivity contribution in [1.29, 1.82) is 0 Å². The third kappa shape index (κ3) is 5.78. The van der Waals surface area contributed by atoms with Gasteiger partial charge in [0.2, 0.25) is 5.91 Å². The summed E-state index contributed by atoms with van der Waals surface area (Å²) in [4.78, 5) is 14.0. The molecule has 1 aromatic rings. The highest BCUT2D eigenvalue weighted by Gasteiger charge is 2.13. The number of halogens is 2. The molecule has 0 unspecified atom stereocenters. The van der Waals surface area contributed by atoms with Crippen molar-refractivity contribution in [2.24, 2.45) is 0 Å². The molecule has 0 saturated heterocycles. The Morgan fingerprint density at radius 2 is 2.05 bits per heavy atom. The maximum absolute atomic E-state index is 12.0. The molecule has 0 aliphatic rings. The van der Waals surface area contributed by atoms with Gasteiger partial charge >= 0.3 is 0 Å². The summed E-state index contributed by atoms with van der Waals surface area (Å²) in [5.74, 6) is -0.136. The number of carbonyl (C=O) groups excluding carboxylic acids is 1. The number of likely N-dealkylation sites (N-methyl/N-ethyl adjacent to an activating group) is 1. The van der Waals surface area contributed by atoms with Crippen LogP contribution in [0.25, 0.3) is 0 Å². The average molecular weight is 304 g/mol. The molecule has 0 radical (unpaired) electrons. The average Bonchev–Trinajstić information content (AvgIpc) is 2.33. The van der Waals surface area contributed by atoms with Crippen molar-refractivity contribution in [3.63, 3.8) is 0 Å². The van der Waals surface area contributed by atoms with E-state index in [2.05, 4.69) is 10.6 Å². The number of hydrogen-bond donors (Lipinski definition) is 2. The molecule has 0 aromatic heterocycles. The van der Waals surface area contributed by atoms with Crippen molar-refractivity contribution in [3.8, 4) is 0 Å². The lowest BCUT2D eigenvalue weighted by Crippen LogP contribution is -2.41. The Labute approximate surface area is 124 Å². The number of hydrogen-bond acceptors (Lipinski definition) is 3. The fourth-order valence-electron chi connectivity index (χ4n) is 1.43. The largest absolute Gasteiger partial charge is 0.323 e. The van der Waals surface area contributed by atoms with Crippen molar-refractivity contribution in [2.75, 3.05) is 32.5 Å². The van der Waals surface area contributed by atoms with E-state index in [9.17, 15) is 4.79 Å². The second-order valence-electron chi connectivity index (χ2n) is 4.59. The second-order valence-corrected chi connectivity index (χ2v) is 5.44. The predicted molar refractivity (Wildman–Crippen MR) is 81.1 cm³/mol. The van der Waals surface area contributed by atoms with Gasteiger partial charge in [-0.2, -0.15) is 0 Å². The first-order chi connectivity index (χ1) is 8.90. The summed E-state index contributed by atoms with van der Waals surface area (Å²) < 4.78 is 0. The molecule has 0 spiro atoms. The molecule has 6 heteroatoms. The molecular weight excluding hydrogens is 285 g/mol. The van der Waals surface area contributed by atoms with Crippen molar-refractivity contribution in [2.45, 2.75) is 13.0 Å². The van der Waals surface area contributed by atoms with E-state index in [1.807, 2.05) is 25.9 Å². The van der Waals surface area contributed by atoms with E-state index in [4.69, 9.17) is 23.2 Å².